The number of hydrogen-bond donors (Lipinski definition) is 1. The molecule has 2 aliphatic rings. The molecule has 2 amide bonds. The van der Waals surface area contributed by atoms with Crippen LogP contribution >= 0.6 is 0 Å². The Hall–Kier alpha value is -3.02. The van der Waals surface area contributed by atoms with Crippen LogP contribution in [0.1, 0.15) is 53.2 Å². The highest BCUT2D eigenvalue weighted by Gasteiger charge is 2.31. The summed E-state index contributed by atoms with van der Waals surface area (Å²) in [6.45, 7) is 4.72. The average Bonchev–Trinajstić information content (AvgIpc) is 3.45. The zero-order valence-electron chi connectivity index (χ0n) is 17.7. The van der Waals surface area contributed by atoms with Crippen LogP contribution in [0.4, 0.5) is 16.2 Å². The molecule has 0 bridgehead atoms. The van der Waals surface area contributed by atoms with Crippen molar-refractivity contribution in [3.8, 4) is 0 Å². The van der Waals surface area contributed by atoms with Crippen molar-refractivity contribution >= 4 is 23.4 Å². The molecule has 0 saturated carbocycles. The average molecular weight is 408 g/mol. The second-order valence-corrected chi connectivity index (χ2v) is 8.06. The number of carbonyl (C=O) groups excluding carboxylic acids is 2. The quantitative estimate of drug-likeness (QED) is 0.743. The summed E-state index contributed by atoms with van der Waals surface area (Å²) in [6.07, 6.45) is 4.20. The van der Waals surface area contributed by atoms with E-state index < -0.39 is 5.97 Å². The van der Waals surface area contributed by atoms with Crippen LogP contribution in [0.2, 0.25) is 0 Å². The molecule has 1 N–H and O–H groups in total. The van der Waals surface area contributed by atoms with Gasteiger partial charge in [-0.3, -0.25) is 0 Å². The van der Waals surface area contributed by atoms with E-state index >= 15 is 0 Å². The first-order valence-electron chi connectivity index (χ1n) is 10.7. The molecule has 0 spiro atoms. The van der Waals surface area contributed by atoms with Gasteiger partial charge < -0.3 is 19.9 Å². The zero-order valence-corrected chi connectivity index (χ0v) is 17.7. The molecule has 2 fully saturated rings. The Kier molecular flexibility index (Phi) is 5.93. The lowest BCUT2D eigenvalue weighted by Crippen LogP contribution is -2.35. The van der Waals surface area contributed by atoms with Gasteiger partial charge in [-0.25, -0.2) is 9.59 Å². The van der Waals surface area contributed by atoms with Crippen LogP contribution in [0.25, 0.3) is 0 Å². The monoisotopic (exact) mass is 407 g/mol. The fraction of sp³-hybridized carbons (Fsp3) is 0.417. The summed E-state index contributed by atoms with van der Waals surface area (Å²) in [6, 6.07) is 13.6. The van der Waals surface area contributed by atoms with E-state index in [1.165, 1.54) is 18.2 Å². The standard InChI is InChI=1S/C24H29N3O3/c1-17-8-3-4-9-19(17)21-10-7-15-27(21)24(29)25-20-16-18(23(28)30-2)11-12-22(20)26-13-5-6-14-26/h3-4,8-9,11-12,16,21H,5-7,10,13-15H2,1-2H3,(H,25,29)/t21-/m0/s1. The van der Waals surface area contributed by atoms with Gasteiger partial charge in [0.1, 0.15) is 0 Å². The maximum absolute atomic E-state index is 13.3. The third-order valence-electron chi connectivity index (χ3n) is 6.17. The van der Waals surface area contributed by atoms with E-state index in [0.717, 1.165) is 51.0 Å². The fourth-order valence-electron chi connectivity index (χ4n) is 4.60. The maximum atomic E-state index is 13.3. The minimum atomic E-state index is -0.405. The highest BCUT2D eigenvalue weighted by Crippen LogP contribution is 2.35. The number of methoxy groups -OCH3 is 1. The van der Waals surface area contributed by atoms with Gasteiger partial charge in [-0.15, -0.1) is 0 Å². The van der Waals surface area contributed by atoms with Crippen molar-refractivity contribution in [2.24, 2.45) is 0 Å². The lowest BCUT2D eigenvalue weighted by atomic mass is 9.99. The van der Waals surface area contributed by atoms with Gasteiger partial charge >= 0.3 is 12.0 Å². The van der Waals surface area contributed by atoms with Crippen molar-refractivity contribution in [3.63, 3.8) is 0 Å². The zero-order chi connectivity index (χ0) is 21.1. The van der Waals surface area contributed by atoms with Crippen LogP contribution in [-0.4, -0.2) is 43.6 Å². The van der Waals surface area contributed by atoms with E-state index in [4.69, 9.17) is 4.74 Å². The highest BCUT2D eigenvalue weighted by molar-refractivity contribution is 5.97. The molecular formula is C24H29N3O3. The topological polar surface area (TPSA) is 61.9 Å². The summed E-state index contributed by atoms with van der Waals surface area (Å²) in [7, 11) is 1.37. The number of nitrogens with one attached hydrogen (secondary N) is 1. The third kappa shape index (κ3) is 3.99. The van der Waals surface area contributed by atoms with Crippen LogP contribution in [-0.2, 0) is 4.74 Å². The molecule has 0 aliphatic carbocycles. The van der Waals surface area contributed by atoms with E-state index in [-0.39, 0.29) is 12.1 Å². The van der Waals surface area contributed by atoms with Crippen LogP contribution in [0.15, 0.2) is 42.5 Å². The van der Waals surface area contributed by atoms with Gasteiger partial charge in [-0.1, -0.05) is 24.3 Å². The first kappa shape index (κ1) is 20.3. The second-order valence-electron chi connectivity index (χ2n) is 8.06. The van der Waals surface area contributed by atoms with Crippen molar-refractivity contribution in [3.05, 3.63) is 59.2 Å². The molecule has 2 aromatic rings. The molecule has 6 heteroatoms. The Morgan fingerprint density at radius 2 is 1.80 bits per heavy atom. The smallest absolute Gasteiger partial charge is 0.337 e. The van der Waals surface area contributed by atoms with Crippen molar-refractivity contribution in [1.82, 2.24) is 4.90 Å². The first-order chi connectivity index (χ1) is 14.6. The molecule has 0 aromatic heterocycles. The Balaban J connectivity index is 1.61. The van der Waals surface area contributed by atoms with E-state index in [1.54, 1.807) is 12.1 Å². The molecule has 0 radical (unpaired) electrons. The van der Waals surface area contributed by atoms with Crippen molar-refractivity contribution < 1.29 is 14.3 Å². The molecule has 2 saturated heterocycles. The Labute approximate surface area is 177 Å². The van der Waals surface area contributed by atoms with Crippen LogP contribution in [0.5, 0.6) is 0 Å². The lowest BCUT2D eigenvalue weighted by Gasteiger charge is -2.28. The first-order valence-corrected chi connectivity index (χ1v) is 10.7. The summed E-state index contributed by atoms with van der Waals surface area (Å²) in [5.74, 6) is -0.405. The van der Waals surface area contributed by atoms with Gasteiger partial charge in [0.05, 0.1) is 30.1 Å². The number of amides is 2. The number of benzene rings is 2. The number of aryl methyl sites for hydroxylation is 1. The number of likely N-dealkylation sites (tertiary alicyclic amines) is 1. The van der Waals surface area contributed by atoms with E-state index in [0.29, 0.717) is 11.3 Å². The molecule has 2 aliphatic heterocycles. The van der Waals surface area contributed by atoms with Crippen molar-refractivity contribution in [2.75, 3.05) is 37.0 Å². The van der Waals surface area contributed by atoms with Crippen LogP contribution in [0, 0.1) is 6.92 Å². The fourth-order valence-corrected chi connectivity index (χ4v) is 4.60. The maximum Gasteiger partial charge on any atom is 0.337 e. The molecule has 30 heavy (non-hydrogen) atoms. The number of esters is 1. The number of hydrogen-bond acceptors (Lipinski definition) is 4. The molecule has 0 unspecified atom stereocenters. The second kappa shape index (κ2) is 8.78. The number of urea groups is 1. The summed E-state index contributed by atoms with van der Waals surface area (Å²) < 4.78 is 4.87. The SMILES string of the molecule is COC(=O)c1ccc(N2CCCC2)c(NC(=O)N2CCC[C@H]2c2ccccc2C)c1. The van der Waals surface area contributed by atoms with Crippen molar-refractivity contribution in [2.45, 2.75) is 38.6 Å². The summed E-state index contributed by atoms with van der Waals surface area (Å²) >= 11 is 0. The molecule has 1 atom stereocenters. The minimum absolute atomic E-state index is 0.0743. The molecular weight excluding hydrogens is 378 g/mol. The summed E-state index contributed by atoms with van der Waals surface area (Å²) in [5.41, 5.74) is 4.47. The molecule has 158 valence electrons. The highest BCUT2D eigenvalue weighted by atomic mass is 16.5. The van der Waals surface area contributed by atoms with Gasteiger partial charge in [0.15, 0.2) is 0 Å². The molecule has 2 heterocycles. The Bertz CT molecular complexity index is 937. The largest absolute Gasteiger partial charge is 0.465 e. The number of carbonyl (C=O) groups is 2. The number of ether oxygens (including phenoxy) is 1. The lowest BCUT2D eigenvalue weighted by molar-refractivity contribution is 0.0600. The van der Waals surface area contributed by atoms with Crippen LogP contribution < -0.4 is 10.2 Å². The van der Waals surface area contributed by atoms with Gasteiger partial charge in [0.2, 0.25) is 0 Å². The Morgan fingerprint density at radius 1 is 1.03 bits per heavy atom. The van der Waals surface area contributed by atoms with E-state index in [2.05, 4.69) is 29.3 Å². The van der Waals surface area contributed by atoms with Gasteiger partial charge in [-0.05, 0) is 61.9 Å². The van der Waals surface area contributed by atoms with Crippen LogP contribution in [0.3, 0.4) is 0 Å². The third-order valence-corrected chi connectivity index (χ3v) is 6.17. The van der Waals surface area contributed by atoms with Gasteiger partial charge in [0, 0.05) is 19.6 Å². The number of anilines is 2. The Morgan fingerprint density at radius 3 is 2.53 bits per heavy atom. The van der Waals surface area contributed by atoms with Crippen molar-refractivity contribution in [1.29, 1.82) is 0 Å². The number of rotatable bonds is 4. The summed E-state index contributed by atoms with van der Waals surface area (Å²) in [5, 5.41) is 3.11. The molecule has 4 rings (SSSR count). The predicted octanol–water partition coefficient (Wildman–Crippen LogP) is 4.75. The van der Waals surface area contributed by atoms with Gasteiger partial charge in [-0.2, -0.15) is 0 Å². The normalized spacial score (nSPS) is 18.5. The van der Waals surface area contributed by atoms with E-state index in [9.17, 15) is 9.59 Å². The van der Waals surface area contributed by atoms with E-state index in [1.807, 2.05) is 23.1 Å². The predicted molar refractivity (Wildman–Crippen MR) is 118 cm³/mol. The van der Waals surface area contributed by atoms with Gasteiger partial charge in [0.25, 0.3) is 0 Å². The number of nitrogens with zero attached hydrogens (tertiary/aromatic N) is 2. The molecule has 2 aromatic carbocycles. The molecule has 6 nitrogen and oxygen atoms in total. The summed E-state index contributed by atoms with van der Waals surface area (Å²) in [4.78, 5) is 29.5. The minimum Gasteiger partial charge on any atom is -0.465 e.